The molecule has 182 valence electrons. The highest BCUT2D eigenvalue weighted by molar-refractivity contribution is 7.13. The molecule has 0 saturated carbocycles. The lowest BCUT2D eigenvalue weighted by atomic mass is 10.0. The second-order valence-corrected chi connectivity index (χ2v) is 9.62. The van der Waals surface area contributed by atoms with E-state index in [1.165, 1.54) is 10.4 Å². The molecule has 3 atom stereocenters. The predicted molar refractivity (Wildman–Crippen MR) is 131 cm³/mol. The molecule has 34 heavy (non-hydrogen) atoms. The molecule has 1 saturated heterocycles. The van der Waals surface area contributed by atoms with E-state index in [0.29, 0.717) is 25.9 Å². The Morgan fingerprint density at radius 3 is 2.56 bits per heavy atom. The summed E-state index contributed by atoms with van der Waals surface area (Å²) in [6.07, 6.45) is 4.23. The van der Waals surface area contributed by atoms with E-state index < -0.39 is 6.10 Å². The highest BCUT2D eigenvalue weighted by atomic mass is 32.1. The summed E-state index contributed by atoms with van der Waals surface area (Å²) in [6, 6.07) is 7.89. The number of aryl methyl sites for hydroxylation is 1. The number of carbonyl (C=O) groups is 2. The Labute approximate surface area is 203 Å². The van der Waals surface area contributed by atoms with Gasteiger partial charge in [0.25, 0.3) is 0 Å². The first kappa shape index (κ1) is 25.5. The van der Waals surface area contributed by atoms with E-state index in [0.717, 1.165) is 11.3 Å². The molecule has 2 N–H and O–H groups in total. The van der Waals surface area contributed by atoms with Crippen molar-refractivity contribution in [3.63, 3.8) is 0 Å². The molecule has 3 aromatic rings. The summed E-state index contributed by atoms with van der Waals surface area (Å²) in [4.78, 5) is 29.9. The largest absolute Gasteiger partial charge is 0.391 e. The summed E-state index contributed by atoms with van der Waals surface area (Å²) >= 11 is 1.64. The lowest BCUT2D eigenvalue weighted by molar-refractivity contribution is -0.137. The molecule has 0 radical (unpaired) electrons. The number of nitrogens with one attached hydrogen (secondary N) is 1. The fourth-order valence-corrected chi connectivity index (χ4v) is 4.87. The van der Waals surface area contributed by atoms with Crippen LogP contribution in [0.5, 0.6) is 0 Å². The quantitative estimate of drug-likeness (QED) is 0.499. The van der Waals surface area contributed by atoms with Crippen molar-refractivity contribution in [1.29, 1.82) is 0 Å². The van der Waals surface area contributed by atoms with Gasteiger partial charge in [-0.25, -0.2) is 9.67 Å². The zero-order valence-corrected chi connectivity index (χ0v) is 20.8. The van der Waals surface area contributed by atoms with Gasteiger partial charge in [-0.05, 0) is 37.3 Å². The number of hydrogen-bond acceptors (Lipinski definition) is 7. The Morgan fingerprint density at radius 2 is 2.06 bits per heavy atom. The van der Waals surface area contributed by atoms with E-state index >= 15 is 0 Å². The first-order chi connectivity index (χ1) is 16.3. The number of thiazole rings is 1. The summed E-state index contributed by atoms with van der Waals surface area (Å²) < 4.78 is 1.60. The van der Waals surface area contributed by atoms with Crippen molar-refractivity contribution in [2.75, 3.05) is 6.54 Å². The van der Waals surface area contributed by atoms with Crippen molar-refractivity contribution in [2.24, 2.45) is 5.92 Å². The highest BCUT2D eigenvalue weighted by Crippen LogP contribution is 2.27. The Hall–Kier alpha value is -3.11. The number of β-amino-alcohol motifs (C(OH)–C–C–N with tert-alkyl or cyclic N) is 1. The Kier molecular flexibility index (Phi) is 8.89. The van der Waals surface area contributed by atoms with Crippen LogP contribution in [0.4, 0.5) is 0 Å². The SMILES string of the molecule is CC(C)C(C(=O)N1CC(O)CC1C)n1ccnn1.Cc1ncsc1-c1ccc(CNC=O)cc1. The molecule has 0 bridgehead atoms. The third kappa shape index (κ3) is 6.27. The number of likely N-dealkylation sites (tertiary alicyclic amines) is 1. The van der Waals surface area contributed by atoms with Gasteiger partial charge < -0.3 is 15.3 Å². The van der Waals surface area contributed by atoms with Gasteiger partial charge in [0.1, 0.15) is 6.04 Å². The Balaban J connectivity index is 0.000000192. The third-order valence-corrected chi connectivity index (χ3v) is 6.78. The molecular weight excluding hydrogens is 452 g/mol. The van der Waals surface area contributed by atoms with Crippen molar-refractivity contribution in [3.8, 4) is 10.4 Å². The topological polar surface area (TPSA) is 113 Å². The van der Waals surface area contributed by atoms with Gasteiger partial charge in [-0.2, -0.15) is 0 Å². The summed E-state index contributed by atoms with van der Waals surface area (Å²) in [5.74, 6) is 0.142. The van der Waals surface area contributed by atoms with E-state index in [1.807, 2.05) is 45.3 Å². The van der Waals surface area contributed by atoms with Crippen molar-refractivity contribution in [2.45, 2.75) is 58.8 Å². The molecule has 1 aliphatic heterocycles. The van der Waals surface area contributed by atoms with Crippen LogP contribution in [0.2, 0.25) is 0 Å². The van der Waals surface area contributed by atoms with Gasteiger partial charge in [0.15, 0.2) is 0 Å². The first-order valence-electron chi connectivity index (χ1n) is 11.3. The fourth-order valence-electron chi connectivity index (χ4n) is 4.06. The second-order valence-electron chi connectivity index (χ2n) is 8.76. The van der Waals surface area contributed by atoms with Crippen molar-refractivity contribution >= 4 is 23.7 Å². The first-order valence-corrected chi connectivity index (χ1v) is 12.2. The maximum absolute atomic E-state index is 12.6. The van der Waals surface area contributed by atoms with Gasteiger partial charge in [-0.15, -0.1) is 16.4 Å². The predicted octanol–water partition coefficient (Wildman–Crippen LogP) is 2.82. The van der Waals surface area contributed by atoms with Crippen molar-refractivity contribution < 1.29 is 14.7 Å². The zero-order chi connectivity index (χ0) is 24.7. The average Bonchev–Trinajstić information content (AvgIpc) is 3.55. The van der Waals surface area contributed by atoms with Crippen molar-refractivity contribution in [3.05, 3.63) is 53.4 Å². The van der Waals surface area contributed by atoms with E-state index in [-0.39, 0.29) is 23.9 Å². The molecule has 3 heterocycles. The standard InChI is InChI=1S/C12H20N4O2.C12H12N2OS/c1-8(2)11(16-5-4-13-14-16)12(18)15-7-10(17)6-9(15)3;1-9-12(16-8-14-9)11-4-2-10(3-5-11)6-13-7-15/h4-5,8-11,17H,6-7H2,1-3H3;2-5,7-8H,6H2,1H3,(H,13,15). The number of aromatic nitrogens is 4. The summed E-state index contributed by atoms with van der Waals surface area (Å²) in [6.45, 7) is 8.94. The van der Waals surface area contributed by atoms with Crippen LogP contribution in [0, 0.1) is 12.8 Å². The minimum absolute atomic E-state index is 0.0135. The minimum Gasteiger partial charge on any atom is -0.391 e. The average molecular weight is 485 g/mol. The van der Waals surface area contributed by atoms with Crippen LogP contribution in [0.3, 0.4) is 0 Å². The molecule has 1 aliphatic rings. The number of benzene rings is 1. The number of nitrogens with zero attached hydrogens (tertiary/aromatic N) is 5. The zero-order valence-electron chi connectivity index (χ0n) is 20.0. The van der Waals surface area contributed by atoms with E-state index in [9.17, 15) is 14.7 Å². The maximum Gasteiger partial charge on any atom is 0.248 e. The molecule has 1 aromatic carbocycles. The molecule has 4 rings (SSSR count). The summed E-state index contributed by atoms with van der Waals surface area (Å²) in [5.41, 5.74) is 5.18. The summed E-state index contributed by atoms with van der Waals surface area (Å²) in [5, 5.41) is 20.0. The second kappa shape index (κ2) is 11.8. The van der Waals surface area contributed by atoms with E-state index in [4.69, 9.17) is 0 Å². The number of amides is 2. The molecule has 2 aromatic heterocycles. The van der Waals surface area contributed by atoms with Gasteiger partial charge in [0.05, 0.1) is 28.4 Å². The lowest BCUT2D eigenvalue weighted by Gasteiger charge is -2.28. The van der Waals surface area contributed by atoms with Gasteiger partial charge in [-0.3, -0.25) is 9.59 Å². The van der Waals surface area contributed by atoms with Gasteiger partial charge in [-0.1, -0.05) is 43.3 Å². The van der Waals surface area contributed by atoms with E-state index in [1.54, 1.807) is 33.3 Å². The number of hydrogen-bond donors (Lipinski definition) is 2. The fraction of sp³-hybridized carbons (Fsp3) is 0.458. The minimum atomic E-state index is -0.410. The number of rotatable bonds is 7. The molecule has 9 nitrogen and oxygen atoms in total. The molecule has 0 aliphatic carbocycles. The maximum atomic E-state index is 12.6. The van der Waals surface area contributed by atoms with Crippen LogP contribution >= 0.6 is 11.3 Å². The number of aliphatic hydroxyl groups excluding tert-OH is 1. The van der Waals surface area contributed by atoms with Crippen LogP contribution in [-0.4, -0.2) is 61.0 Å². The Morgan fingerprint density at radius 1 is 1.32 bits per heavy atom. The molecule has 3 unspecified atom stereocenters. The number of aliphatic hydroxyl groups is 1. The van der Waals surface area contributed by atoms with Crippen LogP contribution in [0.1, 0.15) is 44.5 Å². The highest BCUT2D eigenvalue weighted by Gasteiger charge is 2.37. The monoisotopic (exact) mass is 484 g/mol. The van der Waals surface area contributed by atoms with Crippen molar-refractivity contribution in [1.82, 2.24) is 30.2 Å². The number of carbonyl (C=O) groups excluding carboxylic acids is 2. The van der Waals surface area contributed by atoms with Crippen LogP contribution in [-0.2, 0) is 16.1 Å². The van der Waals surface area contributed by atoms with Gasteiger partial charge in [0, 0.05) is 25.3 Å². The Bertz CT molecular complexity index is 1050. The van der Waals surface area contributed by atoms with Gasteiger partial charge in [0.2, 0.25) is 12.3 Å². The summed E-state index contributed by atoms with van der Waals surface area (Å²) in [7, 11) is 0. The lowest BCUT2D eigenvalue weighted by Crippen LogP contribution is -2.41. The van der Waals surface area contributed by atoms with E-state index in [2.05, 4.69) is 32.7 Å². The molecule has 0 spiro atoms. The third-order valence-electron chi connectivity index (χ3n) is 5.80. The van der Waals surface area contributed by atoms with Crippen LogP contribution < -0.4 is 5.32 Å². The molecule has 10 heteroatoms. The molecule has 2 amide bonds. The van der Waals surface area contributed by atoms with Crippen LogP contribution in [0.15, 0.2) is 42.2 Å². The molecule has 1 fully saturated rings. The normalized spacial score (nSPS) is 18.4. The van der Waals surface area contributed by atoms with Gasteiger partial charge >= 0.3 is 0 Å². The molecular formula is C24H32N6O3S. The smallest absolute Gasteiger partial charge is 0.248 e. The van der Waals surface area contributed by atoms with Crippen LogP contribution in [0.25, 0.3) is 10.4 Å².